The second-order valence-electron chi connectivity index (χ2n) is 5.83. The van der Waals surface area contributed by atoms with Crippen LogP contribution in [-0.2, 0) is 4.79 Å². The highest BCUT2D eigenvalue weighted by Gasteiger charge is 2.25. The first-order valence-electron chi connectivity index (χ1n) is 7.59. The molecule has 3 rings (SSSR count). The van der Waals surface area contributed by atoms with Gasteiger partial charge in [0.1, 0.15) is 0 Å². The first-order chi connectivity index (χ1) is 10.6. The van der Waals surface area contributed by atoms with Crippen molar-refractivity contribution in [1.82, 2.24) is 10.1 Å². The average Bonchev–Trinajstić information content (AvgIpc) is 2.94. The number of anilines is 1. The fourth-order valence-electron chi connectivity index (χ4n) is 2.86. The third-order valence-electron chi connectivity index (χ3n) is 4.00. The van der Waals surface area contributed by atoms with Crippen molar-refractivity contribution in [3.63, 3.8) is 0 Å². The molecule has 116 valence electrons. The maximum Gasteiger partial charge on any atom is 0.227 e. The van der Waals surface area contributed by atoms with Crippen LogP contribution in [0.15, 0.2) is 28.8 Å². The number of aryl methyl sites for hydroxylation is 1. The molecule has 2 atom stereocenters. The zero-order valence-corrected chi connectivity index (χ0v) is 12.6. The summed E-state index contributed by atoms with van der Waals surface area (Å²) in [6.07, 6.45) is 3.69. The lowest BCUT2D eigenvalue weighted by Gasteiger charge is -2.25. The quantitative estimate of drug-likeness (QED) is 0.908. The van der Waals surface area contributed by atoms with E-state index in [-0.39, 0.29) is 17.9 Å². The van der Waals surface area contributed by atoms with Gasteiger partial charge in [0.15, 0.2) is 0 Å². The average molecular weight is 300 g/mol. The summed E-state index contributed by atoms with van der Waals surface area (Å²) >= 11 is 0. The summed E-state index contributed by atoms with van der Waals surface area (Å²) in [7, 11) is 0. The van der Waals surface area contributed by atoms with Gasteiger partial charge in [-0.3, -0.25) is 4.79 Å². The van der Waals surface area contributed by atoms with Crippen molar-refractivity contribution in [2.24, 2.45) is 11.7 Å². The first kappa shape index (κ1) is 14.7. The molecule has 1 fully saturated rings. The Kier molecular flexibility index (Phi) is 4.20. The Morgan fingerprint density at radius 1 is 1.41 bits per heavy atom. The monoisotopic (exact) mass is 300 g/mol. The maximum atomic E-state index is 12.3. The van der Waals surface area contributed by atoms with Gasteiger partial charge in [-0.2, -0.15) is 4.98 Å². The van der Waals surface area contributed by atoms with E-state index < -0.39 is 0 Å². The van der Waals surface area contributed by atoms with Crippen molar-refractivity contribution in [1.29, 1.82) is 0 Å². The predicted octanol–water partition coefficient (Wildman–Crippen LogP) is 2.50. The highest BCUT2D eigenvalue weighted by Crippen LogP contribution is 2.25. The Balaban J connectivity index is 1.71. The van der Waals surface area contributed by atoms with Gasteiger partial charge in [-0.1, -0.05) is 23.7 Å². The van der Waals surface area contributed by atoms with Crippen molar-refractivity contribution >= 4 is 11.6 Å². The normalized spacial score (nSPS) is 21.5. The second kappa shape index (κ2) is 6.27. The molecule has 1 saturated carbocycles. The summed E-state index contributed by atoms with van der Waals surface area (Å²) in [5.74, 6) is 1.07. The number of aromatic nitrogens is 2. The number of amides is 1. The van der Waals surface area contributed by atoms with Crippen molar-refractivity contribution in [3.8, 4) is 11.4 Å². The van der Waals surface area contributed by atoms with Crippen molar-refractivity contribution in [2.45, 2.75) is 38.6 Å². The molecule has 6 nitrogen and oxygen atoms in total. The molecule has 0 spiro atoms. The molecule has 1 aliphatic carbocycles. The zero-order chi connectivity index (χ0) is 15.5. The smallest absolute Gasteiger partial charge is 0.227 e. The Labute approximate surface area is 129 Å². The molecule has 3 N–H and O–H groups in total. The van der Waals surface area contributed by atoms with Crippen molar-refractivity contribution in [2.75, 3.05) is 5.32 Å². The number of benzene rings is 1. The topological polar surface area (TPSA) is 94.0 Å². The molecule has 1 aromatic heterocycles. The summed E-state index contributed by atoms with van der Waals surface area (Å²) in [6.45, 7) is 1.74. The molecule has 1 amide bonds. The van der Waals surface area contributed by atoms with E-state index in [0.717, 1.165) is 36.9 Å². The number of hydrogen-bond donors (Lipinski definition) is 2. The van der Waals surface area contributed by atoms with Crippen LogP contribution in [0.5, 0.6) is 0 Å². The van der Waals surface area contributed by atoms with Crippen LogP contribution in [0.3, 0.4) is 0 Å². The summed E-state index contributed by atoms with van der Waals surface area (Å²) in [4.78, 5) is 16.5. The van der Waals surface area contributed by atoms with E-state index in [4.69, 9.17) is 10.3 Å². The van der Waals surface area contributed by atoms with E-state index in [1.807, 2.05) is 24.3 Å². The highest BCUT2D eigenvalue weighted by atomic mass is 16.5. The second-order valence-corrected chi connectivity index (χ2v) is 5.83. The van der Waals surface area contributed by atoms with Crippen molar-refractivity contribution < 1.29 is 9.32 Å². The van der Waals surface area contributed by atoms with Crippen LogP contribution < -0.4 is 11.1 Å². The van der Waals surface area contributed by atoms with E-state index in [2.05, 4.69) is 15.5 Å². The molecule has 1 heterocycles. The molecular formula is C16H20N4O2. The summed E-state index contributed by atoms with van der Waals surface area (Å²) in [5.41, 5.74) is 7.51. The number of nitrogens with zero attached hydrogens (tertiary/aromatic N) is 2. The van der Waals surface area contributed by atoms with E-state index >= 15 is 0 Å². The van der Waals surface area contributed by atoms with Gasteiger partial charge in [-0.15, -0.1) is 0 Å². The number of hydrogen-bond acceptors (Lipinski definition) is 5. The number of nitrogens with two attached hydrogens (primary N) is 1. The lowest BCUT2D eigenvalue weighted by molar-refractivity contribution is -0.120. The molecule has 1 aromatic carbocycles. The molecule has 0 bridgehead atoms. The summed E-state index contributed by atoms with van der Waals surface area (Å²) in [6, 6.07) is 7.60. The molecule has 0 aliphatic heterocycles. The standard InChI is InChI=1S/C16H20N4O2/c1-10-18-15(20-22-10)11-4-3-7-14(9-11)19-16(21)12-5-2-6-13(17)8-12/h3-4,7,9,12-13H,2,5-6,8,17H2,1H3,(H,19,21). The minimum atomic E-state index is -0.000161. The van der Waals surface area contributed by atoms with Gasteiger partial charge < -0.3 is 15.6 Å². The largest absolute Gasteiger partial charge is 0.339 e. The van der Waals surface area contributed by atoms with Crippen molar-refractivity contribution in [3.05, 3.63) is 30.2 Å². The fourth-order valence-corrected chi connectivity index (χ4v) is 2.86. The maximum absolute atomic E-state index is 12.3. The molecule has 1 aliphatic rings. The van der Waals surface area contributed by atoms with Crippen LogP contribution in [-0.4, -0.2) is 22.1 Å². The molecular weight excluding hydrogens is 280 g/mol. The summed E-state index contributed by atoms with van der Waals surface area (Å²) < 4.78 is 4.98. The summed E-state index contributed by atoms with van der Waals surface area (Å²) in [5, 5.41) is 6.86. The van der Waals surface area contributed by atoms with E-state index in [1.54, 1.807) is 6.92 Å². The van der Waals surface area contributed by atoms with Gasteiger partial charge in [0, 0.05) is 30.1 Å². The lowest BCUT2D eigenvalue weighted by Crippen LogP contribution is -2.34. The van der Waals surface area contributed by atoms with Crippen LogP contribution >= 0.6 is 0 Å². The molecule has 0 radical (unpaired) electrons. The zero-order valence-electron chi connectivity index (χ0n) is 12.6. The SMILES string of the molecule is Cc1nc(-c2cccc(NC(=O)C3CCCC(N)C3)c2)no1. The van der Waals surface area contributed by atoms with Gasteiger partial charge in [0.2, 0.25) is 17.6 Å². The lowest BCUT2D eigenvalue weighted by atomic mass is 9.85. The van der Waals surface area contributed by atoms with Crippen LogP contribution in [0.1, 0.15) is 31.6 Å². The van der Waals surface area contributed by atoms with Crippen LogP contribution in [0.4, 0.5) is 5.69 Å². The van der Waals surface area contributed by atoms with Gasteiger partial charge in [0.05, 0.1) is 0 Å². The Bertz CT molecular complexity index is 668. The Morgan fingerprint density at radius 2 is 2.27 bits per heavy atom. The minimum absolute atomic E-state index is 0.000161. The molecule has 22 heavy (non-hydrogen) atoms. The van der Waals surface area contributed by atoms with E-state index in [1.165, 1.54) is 0 Å². The van der Waals surface area contributed by atoms with Gasteiger partial charge >= 0.3 is 0 Å². The van der Waals surface area contributed by atoms with Gasteiger partial charge in [-0.05, 0) is 31.4 Å². The molecule has 6 heteroatoms. The van der Waals surface area contributed by atoms with Crippen LogP contribution in [0, 0.1) is 12.8 Å². The predicted molar refractivity (Wildman–Crippen MR) is 83.0 cm³/mol. The Morgan fingerprint density at radius 3 is 3.00 bits per heavy atom. The van der Waals surface area contributed by atoms with Crippen LogP contribution in [0.2, 0.25) is 0 Å². The number of rotatable bonds is 3. The van der Waals surface area contributed by atoms with Gasteiger partial charge in [0.25, 0.3) is 0 Å². The van der Waals surface area contributed by atoms with E-state index in [9.17, 15) is 4.79 Å². The number of carbonyl (C=O) groups excluding carboxylic acids is 1. The minimum Gasteiger partial charge on any atom is -0.339 e. The fraction of sp³-hybridized carbons (Fsp3) is 0.438. The third kappa shape index (κ3) is 3.33. The molecule has 2 aromatic rings. The van der Waals surface area contributed by atoms with Gasteiger partial charge in [-0.25, -0.2) is 0 Å². The van der Waals surface area contributed by atoms with Crippen LogP contribution in [0.25, 0.3) is 11.4 Å². The molecule has 2 unspecified atom stereocenters. The van der Waals surface area contributed by atoms with E-state index in [0.29, 0.717) is 11.7 Å². The highest BCUT2D eigenvalue weighted by molar-refractivity contribution is 5.93. The molecule has 0 saturated heterocycles. The third-order valence-corrected chi connectivity index (χ3v) is 4.00. The Hall–Kier alpha value is -2.21. The number of nitrogens with one attached hydrogen (secondary N) is 1. The number of carbonyl (C=O) groups is 1. The first-order valence-corrected chi connectivity index (χ1v) is 7.59.